The van der Waals surface area contributed by atoms with E-state index in [0.717, 1.165) is 18.8 Å². The molecule has 0 bridgehead atoms. The Balaban J connectivity index is 1.31. The van der Waals surface area contributed by atoms with E-state index in [9.17, 15) is 0 Å². The van der Waals surface area contributed by atoms with Crippen molar-refractivity contribution in [2.75, 3.05) is 13.1 Å². The highest BCUT2D eigenvalue weighted by molar-refractivity contribution is 5.65. The van der Waals surface area contributed by atoms with Gasteiger partial charge < -0.3 is 4.90 Å². The lowest BCUT2D eigenvalue weighted by molar-refractivity contribution is 0.220. The second-order valence-corrected chi connectivity index (χ2v) is 8.57. The van der Waals surface area contributed by atoms with Crippen LogP contribution in [-0.4, -0.2) is 24.2 Å². The first-order chi connectivity index (χ1) is 12.7. The van der Waals surface area contributed by atoms with Gasteiger partial charge in [-0.1, -0.05) is 31.6 Å². The summed E-state index contributed by atoms with van der Waals surface area (Å²) in [5.74, 6) is 2.67. The molecule has 0 spiro atoms. The largest absolute Gasteiger partial charge is 0.357 e. The molecule has 0 saturated carbocycles. The average molecular weight is 351 g/mol. The van der Waals surface area contributed by atoms with Crippen molar-refractivity contribution in [3.05, 3.63) is 46.8 Å². The highest BCUT2D eigenvalue weighted by Crippen LogP contribution is 2.41. The van der Waals surface area contributed by atoms with Gasteiger partial charge in [0.1, 0.15) is 5.82 Å². The number of likely N-dealkylation sites (tertiary alicyclic amines) is 1. The molecule has 2 aliphatic carbocycles. The van der Waals surface area contributed by atoms with Crippen molar-refractivity contribution in [1.82, 2.24) is 4.90 Å². The average Bonchev–Trinajstić information content (AvgIpc) is 3.17. The van der Waals surface area contributed by atoms with E-state index < -0.39 is 0 Å². The van der Waals surface area contributed by atoms with E-state index in [4.69, 9.17) is 4.99 Å². The van der Waals surface area contributed by atoms with Crippen molar-refractivity contribution in [2.24, 2.45) is 16.8 Å². The Kier molecular flexibility index (Phi) is 5.47. The number of nitrogens with zero attached hydrogens (tertiary/aromatic N) is 2. The van der Waals surface area contributed by atoms with Gasteiger partial charge in [0, 0.05) is 25.2 Å². The van der Waals surface area contributed by atoms with Crippen LogP contribution in [0.1, 0.15) is 71.1 Å². The van der Waals surface area contributed by atoms with Crippen LogP contribution in [0.25, 0.3) is 0 Å². The third kappa shape index (κ3) is 3.75. The molecule has 140 valence electrons. The lowest BCUT2D eigenvalue weighted by atomic mass is 9.84. The SMILES string of the molecule is C=C(CC1C=NC(N2CCC(CC)CC2)=CC1)C1=CCCC2=C1CCC2. The van der Waals surface area contributed by atoms with Gasteiger partial charge in [-0.3, -0.25) is 0 Å². The summed E-state index contributed by atoms with van der Waals surface area (Å²) >= 11 is 0. The Morgan fingerprint density at radius 2 is 2.04 bits per heavy atom. The summed E-state index contributed by atoms with van der Waals surface area (Å²) in [5, 5.41) is 0. The number of allylic oxidation sites excluding steroid dienone is 6. The Hall–Kier alpha value is -1.57. The molecular formula is C24H34N2. The van der Waals surface area contributed by atoms with Crippen LogP contribution in [-0.2, 0) is 0 Å². The first-order valence-corrected chi connectivity index (χ1v) is 10.8. The minimum atomic E-state index is 0.521. The third-order valence-electron chi connectivity index (χ3n) is 6.88. The van der Waals surface area contributed by atoms with Crippen LogP contribution in [0.4, 0.5) is 0 Å². The Morgan fingerprint density at radius 1 is 1.19 bits per heavy atom. The molecule has 2 aliphatic heterocycles. The molecular weight excluding hydrogens is 316 g/mol. The Morgan fingerprint density at radius 3 is 2.77 bits per heavy atom. The maximum Gasteiger partial charge on any atom is 0.124 e. The summed E-state index contributed by atoms with van der Waals surface area (Å²) in [6, 6.07) is 0. The van der Waals surface area contributed by atoms with E-state index in [1.807, 2.05) is 0 Å². The van der Waals surface area contributed by atoms with Gasteiger partial charge in [-0.15, -0.1) is 0 Å². The molecule has 1 saturated heterocycles. The molecule has 0 aromatic carbocycles. The fraction of sp³-hybridized carbons (Fsp3) is 0.625. The molecule has 0 amide bonds. The molecule has 0 N–H and O–H groups in total. The van der Waals surface area contributed by atoms with Gasteiger partial charge in [-0.25, -0.2) is 4.99 Å². The van der Waals surface area contributed by atoms with Crippen LogP contribution < -0.4 is 0 Å². The molecule has 0 radical (unpaired) electrons. The number of hydrogen-bond acceptors (Lipinski definition) is 2. The van der Waals surface area contributed by atoms with Crippen molar-refractivity contribution >= 4 is 6.21 Å². The number of aliphatic imine (C=N–C) groups is 1. The molecule has 1 atom stereocenters. The van der Waals surface area contributed by atoms with E-state index >= 15 is 0 Å². The topological polar surface area (TPSA) is 15.6 Å². The minimum absolute atomic E-state index is 0.521. The summed E-state index contributed by atoms with van der Waals surface area (Å²) in [6.45, 7) is 9.15. The van der Waals surface area contributed by atoms with Crippen LogP contribution >= 0.6 is 0 Å². The van der Waals surface area contributed by atoms with E-state index in [0.29, 0.717) is 5.92 Å². The monoisotopic (exact) mass is 350 g/mol. The number of piperidine rings is 1. The molecule has 2 heterocycles. The lowest BCUT2D eigenvalue weighted by Gasteiger charge is -2.34. The molecule has 2 nitrogen and oxygen atoms in total. The van der Waals surface area contributed by atoms with Crippen molar-refractivity contribution < 1.29 is 0 Å². The molecule has 0 aromatic heterocycles. The highest BCUT2D eigenvalue weighted by Gasteiger charge is 2.24. The summed E-state index contributed by atoms with van der Waals surface area (Å²) < 4.78 is 0. The highest BCUT2D eigenvalue weighted by atomic mass is 15.2. The molecule has 4 aliphatic rings. The molecule has 1 unspecified atom stereocenters. The quantitative estimate of drug-likeness (QED) is 0.577. The molecule has 4 rings (SSSR count). The summed E-state index contributed by atoms with van der Waals surface area (Å²) in [4.78, 5) is 7.33. The lowest BCUT2D eigenvalue weighted by Crippen LogP contribution is -2.33. The van der Waals surface area contributed by atoms with Gasteiger partial charge in [0.2, 0.25) is 0 Å². The Bertz CT molecular complexity index is 668. The minimum Gasteiger partial charge on any atom is -0.357 e. The first-order valence-electron chi connectivity index (χ1n) is 10.8. The molecule has 1 fully saturated rings. The van der Waals surface area contributed by atoms with Crippen molar-refractivity contribution in [3.8, 4) is 0 Å². The van der Waals surface area contributed by atoms with Crippen molar-refractivity contribution in [2.45, 2.75) is 71.1 Å². The van der Waals surface area contributed by atoms with Crippen molar-refractivity contribution in [1.29, 1.82) is 0 Å². The van der Waals surface area contributed by atoms with Gasteiger partial charge >= 0.3 is 0 Å². The van der Waals surface area contributed by atoms with E-state index in [2.05, 4.69) is 36.8 Å². The maximum atomic E-state index is 4.84. The van der Waals surface area contributed by atoms with Crippen LogP contribution in [0.5, 0.6) is 0 Å². The van der Waals surface area contributed by atoms with Gasteiger partial charge in [0.25, 0.3) is 0 Å². The van der Waals surface area contributed by atoms with Gasteiger partial charge in [0.15, 0.2) is 0 Å². The fourth-order valence-electron chi connectivity index (χ4n) is 5.17. The Labute approximate surface area is 159 Å². The van der Waals surface area contributed by atoms with E-state index in [1.165, 1.54) is 81.4 Å². The zero-order chi connectivity index (χ0) is 17.9. The summed E-state index contributed by atoms with van der Waals surface area (Å²) in [5.41, 5.74) is 6.20. The van der Waals surface area contributed by atoms with Gasteiger partial charge in [-0.05, 0) is 86.5 Å². The zero-order valence-electron chi connectivity index (χ0n) is 16.5. The zero-order valence-corrected chi connectivity index (χ0v) is 16.5. The van der Waals surface area contributed by atoms with Gasteiger partial charge in [-0.2, -0.15) is 0 Å². The van der Waals surface area contributed by atoms with Crippen LogP contribution in [0.15, 0.2) is 51.8 Å². The molecule has 2 heteroatoms. The predicted octanol–water partition coefficient (Wildman–Crippen LogP) is 6.19. The normalized spacial score (nSPS) is 26.7. The standard InChI is InChI=1S/C24H34N2/c1-3-19-12-14-26(15-13-19)24-11-10-20(17-25-24)16-18(2)22-8-4-6-21-7-5-9-23(21)22/h8,11,17,19-20H,2-7,9-10,12-16H2,1H3. The fourth-order valence-corrected chi connectivity index (χ4v) is 5.17. The van der Waals surface area contributed by atoms with Crippen LogP contribution in [0.2, 0.25) is 0 Å². The van der Waals surface area contributed by atoms with Gasteiger partial charge in [0.05, 0.1) is 0 Å². The molecule has 26 heavy (non-hydrogen) atoms. The maximum absolute atomic E-state index is 4.84. The predicted molar refractivity (Wildman–Crippen MR) is 111 cm³/mol. The van der Waals surface area contributed by atoms with Crippen LogP contribution in [0, 0.1) is 11.8 Å². The first kappa shape index (κ1) is 17.8. The summed E-state index contributed by atoms with van der Waals surface area (Å²) in [6.07, 6.45) is 19.6. The third-order valence-corrected chi connectivity index (χ3v) is 6.88. The molecule has 0 aromatic rings. The second-order valence-electron chi connectivity index (χ2n) is 8.57. The van der Waals surface area contributed by atoms with E-state index in [1.54, 1.807) is 11.1 Å². The second kappa shape index (κ2) is 7.98. The smallest absolute Gasteiger partial charge is 0.124 e. The number of hydrogen-bond donors (Lipinski definition) is 0. The summed E-state index contributed by atoms with van der Waals surface area (Å²) in [7, 11) is 0. The van der Waals surface area contributed by atoms with Crippen molar-refractivity contribution in [3.63, 3.8) is 0 Å². The number of rotatable bonds is 5. The van der Waals surface area contributed by atoms with Crippen LogP contribution in [0.3, 0.4) is 0 Å². The van der Waals surface area contributed by atoms with E-state index in [-0.39, 0.29) is 0 Å².